The van der Waals surface area contributed by atoms with Crippen molar-refractivity contribution in [1.82, 2.24) is 14.5 Å². The minimum absolute atomic E-state index is 0.0764. The third-order valence-electron chi connectivity index (χ3n) is 6.20. The summed E-state index contributed by atoms with van der Waals surface area (Å²) in [5.41, 5.74) is 1.05. The predicted octanol–water partition coefficient (Wildman–Crippen LogP) is 6.34. The fraction of sp³-hybridized carbons (Fsp3) is 0.290. The summed E-state index contributed by atoms with van der Waals surface area (Å²) in [5.74, 6) is -2.27. The van der Waals surface area contributed by atoms with Gasteiger partial charge in [0.2, 0.25) is 0 Å². The van der Waals surface area contributed by atoms with Crippen molar-refractivity contribution in [2.45, 2.75) is 52.3 Å². The van der Waals surface area contributed by atoms with Gasteiger partial charge < -0.3 is 14.4 Å². The Balaban J connectivity index is 1.40. The number of fused-ring (bicyclic) bond motifs is 1. The molecular weight excluding hydrogens is 530 g/mol. The molecule has 4 aromatic rings. The second kappa shape index (κ2) is 12.2. The molecular formula is C31H30F2N4O4. The Bertz CT molecular complexity index is 1670. The molecule has 8 nitrogen and oxygen atoms in total. The summed E-state index contributed by atoms with van der Waals surface area (Å²) < 4.78 is 40.6. The molecule has 0 bridgehead atoms. The lowest BCUT2D eigenvalue weighted by atomic mass is 10.1. The number of benzene rings is 3. The van der Waals surface area contributed by atoms with Crippen molar-refractivity contribution in [3.05, 3.63) is 99.6 Å². The molecule has 0 saturated heterocycles. The fourth-order valence-corrected chi connectivity index (χ4v) is 4.16. The molecule has 0 saturated carbocycles. The van der Waals surface area contributed by atoms with Gasteiger partial charge >= 0.3 is 6.09 Å². The van der Waals surface area contributed by atoms with Crippen molar-refractivity contribution in [2.24, 2.45) is 0 Å². The number of nitrogens with zero attached hydrogens (tertiary/aromatic N) is 4. The summed E-state index contributed by atoms with van der Waals surface area (Å²) in [7, 11) is 1.69. The van der Waals surface area contributed by atoms with E-state index in [9.17, 15) is 23.6 Å². The van der Waals surface area contributed by atoms with Gasteiger partial charge in [-0.15, -0.1) is 0 Å². The SMILES string of the molecule is CN(Cc1ccc(CCCn2cnc3ccc(Oc4c(F)ccc(F)c4C#N)cc3c2=O)cc1)C(=O)OC(C)(C)C. The van der Waals surface area contributed by atoms with Gasteiger partial charge in [-0.1, -0.05) is 24.3 Å². The van der Waals surface area contributed by atoms with Crippen LogP contribution in [0.25, 0.3) is 10.9 Å². The van der Waals surface area contributed by atoms with Crippen LogP contribution in [0.15, 0.2) is 65.7 Å². The zero-order chi connectivity index (χ0) is 29.7. The molecule has 212 valence electrons. The third-order valence-corrected chi connectivity index (χ3v) is 6.20. The van der Waals surface area contributed by atoms with E-state index in [2.05, 4.69) is 4.98 Å². The molecule has 0 aliphatic carbocycles. The second-order valence-electron chi connectivity index (χ2n) is 10.6. The molecule has 0 atom stereocenters. The van der Waals surface area contributed by atoms with E-state index in [0.717, 1.165) is 23.3 Å². The maximum absolute atomic E-state index is 14.3. The molecule has 4 rings (SSSR count). The average Bonchev–Trinajstić information content (AvgIpc) is 2.92. The number of ether oxygens (including phenoxy) is 2. The maximum atomic E-state index is 14.3. The van der Waals surface area contributed by atoms with Crippen molar-refractivity contribution < 1.29 is 23.0 Å². The summed E-state index contributed by atoms with van der Waals surface area (Å²) in [5, 5.41) is 9.45. The van der Waals surface area contributed by atoms with E-state index < -0.39 is 28.5 Å². The number of aryl methyl sites for hydroxylation is 2. The van der Waals surface area contributed by atoms with Crippen molar-refractivity contribution in [3.8, 4) is 17.6 Å². The molecule has 0 spiro atoms. The Morgan fingerprint density at radius 3 is 2.41 bits per heavy atom. The van der Waals surface area contributed by atoms with Crippen LogP contribution < -0.4 is 10.3 Å². The first-order valence-corrected chi connectivity index (χ1v) is 13.0. The molecule has 1 aromatic heterocycles. The molecule has 0 radical (unpaired) electrons. The smallest absolute Gasteiger partial charge is 0.410 e. The van der Waals surface area contributed by atoms with Crippen LogP contribution in [0.2, 0.25) is 0 Å². The first-order chi connectivity index (χ1) is 19.4. The summed E-state index contributed by atoms with van der Waals surface area (Å²) in [6, 6.07) is 15.6. The normalized spacial score (nSPS) is 11.2. The Morgan fingerprint density at radius 2 is 1.73 bits per heavy atom. The lowest BCUT2D eigenvalue weighted by Crippen LogP contribution is -2.33. The van der Waals surface area contributed by atoms with Crippen molar-refractivity contribution in [3.63, 3.8) is 0 Å². The molecule has 0 N–H and O–H groups in total. The predicted molar refractivity (Wildman–Crippen MR) is 150 cm³/mol. The Labute approximate surface area is 236 Å². The highest BCUT2D eigenvalue weighted by Gasteiger charge is 2.20. The summed E-state index contributed by atoms with van der Waals surface area (Å²) in [6.45, 7) is 6.30. The van der Waals surface area contributed by atoms with Gasteiger partial charge in [0.15, 0.2) is 11.6 Å². The molecule has 0 unspecified atom stereocenters. The van der Waals surface area contributed by atoms with Crippen LogP contribution in [0.3, 0.4) is 0 Å². The van der Waals surface area contributed by atoms with Crippen molar-refractivity contribution in [2.75, 3.05) is 7.05 Å². The zero-order valence-corrected chi connectivity index (χ0v) is 23.3. The quantitative estimate of drug-likeness (QED) is 0.250. The van der Waals surface area contributed by atoms with E-state index in [-0.39, 0.29) is 22.8 Å². The Hall–Kier alpha value is -4.78. The summed E-state index contributed by atoms with van der Waals surface area (Å²) in [6.07, 6.45) is 2.47. The second-order valence-corrected chi connectivity index (χ2v) is 10.6. The van der Waals surface area contributed by atoms with E-state index >= 15 is 0 Å². The van der Waals surface area contributed by atoms with Crippen LogP contribution in [0.1, 0.15) is 43.9 Å². The lowest BCUT2D eigenvalue weighted by Gasteiger charge is -2.24. The first kappa shape index (κ1) is 29.2. The van der Waals surface area contributed by atoms with Gasteiger partial charge in [-0.05, 0) is 75.1 Å². The average molecular weight is 561 g/mol. The summed E-state index contributed by atoms with van der Waals surface area (Å²) >= 11 is 0. The number of halogens is 2. The van der Waals surface area contributed by atoms with Gasteiger partial charge in [-0.3, -0.25) is 9.36 Å². The monoisotopic (exact) mass is 560 g/mol. The Kier molecular flexibility index (Phi) is 8.67. The number of carbonyl (C=O) groups excluding carboxylic acids is 1. The topological polar surface area (TPSA) is 97.5 Å². The van der Waals surface area contributed by atoms with E-state index in [0.29, 0.717) is 31.4 Å². The molecule has 1 amide bonds. The molecule has 3 aromatic carbocycles. The largest absolute Gasteiger partial charge is 0.453 e. The number of amides is 1. The molecule has 0 aliphatic rings. The van der Waals surface area contributed by atoms with E-state index in [1.54, 1.807) is 19.2 Å². The molecule has 41 heavy (non-hydrogen) atoms. The Morgan fingerprint density at radius 1 is 1.05 bits per heavy atom. The number of hydrogen-bond donors (Lipinski definition) is 0. The number of nitriles is 1. The third kappa shape index (κ3) is 7.25. The first-order valence-electron chi connectivity index (χ1n) is 13.0. The number of carbonyl (C=O) groups is 1. The number of hydrogen-bond acceptors (Lipinski definition) is 6. The summed E-state index contributed by atoms with van der Waals surface area (Å²) in [4.78, 5) is 31.2. The van der Waals surface area contributed by atoms with Crippen LogP contribution in [0, 0.1) is 23.0 Å². The van der Waals surface area contributed by atoms with Crippen LogP contribution in [0.5, 0.6) is 11.5 Å². The zero-order valence-electron chi connectivity index (χ0n) is 23.3. The lowest BCUT2D eigenvalue weighted by molar-refractivity contribution is 0.0285. The molecule has 10 heteroatoms. The highest BCUT2D eigenvalue weighted by atomic mass is 19.1. The number of aromatic nitrogens is 2. The van der Waals surface area contributed by atoms with Gasteiger partial charge in [0.1, 0.15) is 28.8 Å². The minimum Gasteiger partial charge on any atom is -0.453 e. The van der Waals surface area contributed by atoms with Gasteiger partial charge in [-0.2, -0.15) is 5.26 Å². The molecule has 1 heterocycles. The highest BCUT2D eigenvalue weighted by molar-refractivity contribution is 5.79. The van der Waals surface area contributed by atoms with E-state index in [1.807, 2.05) is 45.0 Å². The van der Waals surface area contributed by atoms with Gasteiger partial charge in [0.25, 0.3) is 5.56 Å². The van der Waals surface area contributed by atoms with Crippen molar-refractivity contribution in [1.29, 1.82) is 5.26 Å². The fourth-order valence-electron chi connectivity index (χ4n) is 4.16. The van der Waals surface area contributed by atoms with Crippen LogP contribution in [0.4, 0.5) is 13.6 Å². The standard InChI is InChI=1S/C31H30F2N4O4/c1-31(2,3)41-30(39)36(4)18-21-9-7-20(8-10-21)6-5-15-37-19-35-27-14-11-22(16-23(27)29(37)38)40-28-24(17-34)25(32)12-13-26(28)33/h7-14,16,19H,5-6,15,18H2,1-4H3. The van der Waals surface area contributed by atoms with Gasteiger partial charge in [0, 0.05) is 20.1 Å². The molecule has 0 aliphatic heterocycles. The van der Waals surface area contributed by atoms with Gasteiger partial charge in [0.05, 0.1) is 17.2 Å². The number of rotatable bonds is 8. The van der Waals surface area contributed by atoms with Crippen LogP contribution in [-0.2, 0) is 24.2 Å². The molecule has 0 fully saturated rings. The van der Waals surface area contributed by atoms with Crippen LogP contribution >= 0.6 is 0 Å². The minimum atomic E-state index is -0.906. The maximum Gasteiger partial charge on any atom is 0.410 e. The highest BCUT2D eigenvalue weighted by Crippen LogP contribution is 2.30. The van der Waals surface area contributed by atoms with E-state index in [1.165, 1.54) is 27.9 Å². The van der Waals surface area contributed by atoms with Crippen molar-refractivity contribution >= 4 is 17.0 Å². The van der Waals surface area contributed by atoms with Crippen LogP contribution in [-0.4, -0.2) is 33.2 Å². The van der Waals surface area contributed by atoms with E-state index in [4.69, 9.17) is 9.47 Å². The van der Waals surface area contributed by atoms with Gasteiger partial charge in [-0.25, -0.2) is 18.6 Å².